The Kier molecular flexibility index (Phi) is 5.65. The molecule has 2 aromatic carbocycles. The second-order valence-corrected chi connectivity index (χ2v) is 6.42. The molecule has 0 aliphatic carbocycles. The van der Waals surface area contributed by atoms with Crippen LogP contribution < -0.4 is 4.74 Å². The predicted octanol–water partition coefficient (Wildman–Crippen LogP) is 4.17. The SMILES string of the molecule is CC1CCCN1CCCOc1ccccc1C(=O)c1ccccc1. The lowest BCUT2D eigenvalue weighted by Crippen LogP contribution is -2.28. The van der Waals surface area contributed by atoms with Crippen LogP contribution in [0.1, 0.15) is 42.1 Å². The van der Waals surface area contributed by atoms with Crippen LogP contribution in [0.25, 0.3) is 0 Å². The lowest BCUT2D eigenvalue weighted by molar-refractivity contribution is 0.103. The summed E-state index contributed by atoms with van der Waals surface area (Å²) in [7, 11) is 0. The summed E-state index contributed by atoms with van der Waals surface area (Å²) in [6, 6.07) is 17.6. The van der Waals surface area contributed by atoms with Crippen LogP contribution in [0, 0.1) is 0 Å². The zero-order valence-electron chi connectivity index (χ0n) is 14.3. The fraction of sp³-hybridized carbons (Fsp3) is 0.381. The third-order valence-electron chi connectivity index (χ3n) is 4.71. The molecule has 0 spiro atoms. The minimum Gasteiger partial charge on any atom is -0.493 e. The number of ketones is 1. The Morgan fingerprint density at radius 1 is 1.12 bits per heavy atom. The molecule has 2 aromatic rings. The molecule has 0 radical (unpaired) electrons. The van der Waals surface area contributed by atoms with Crippen LogP contribution in [0.2, 0.25) is 0 Å². The van der Waals surface area contributed by atoms with E-state index in [2.05, 4.69) is 11.8 Å². The smallest absolute Gasteiger partial charge is 0.196 e. The molecular formula is C21H25NO2. The van der Waals surface area contributed by atoms with Crippen LogP contribution in [0.5, 0.6) is 5.75 Å². The summed E-state index contributed by atoms with van der Waals surface area (Å²) in [6.07, 6.45) is 3.59. The van der Waals surface area contributed by atoms with E-state index in [1.165, 1.54) is 19.4 Å². The lowest BCUT2D eigenvalue weighted by atomic mass is 10.0. The van der Waals surface area contributed by atoms with E-state index < -0.39 is 0 Å². The first-order valence-electron chi connectivity index (χ1n) is 8.81. The molecule has 0 bridgehead atoms. The number of likely N-dealkylation sites (tertiary alicyclic amines) is 1. The van der Waals surface area contributed by atoms with Gasteiger partial charge in [-0.1, -0.05) is 42.5 Å². The lowest BCUT2D eigenvalue weighted by Gasteiger charge is -2.20. The first-order chi connectivity index (χ1) is 11.8. The Hall–Kier alpha value is -2.13. The van der Waals surface area contributed by atoms with Gasteiger partial charge in [-0.2, -0.15) is 0 Å². The molecule has 126 valence electrons. The van der Waals surface area contributed by atoms with Gasteiger partial charge in [0.1, 0.15) is 5.75 Å². The maximum Gasteiger partial charge on any atom is 0.196 e. The van der Waals surface area contributed by atoms with Gasteiger partial charge in [0.15, 0.2) is 5.78 Å². The van der Waals surface area contributed by atoms with Gasteiger partial charge in [0.25, 0.3) is 0 Å². The van der Waals surface area contributed by atoms with Crippen LogP contribution in [0.3, 0.4) is 0 Å². The summed E-state index contributed by atoms with van der Waals surface area (Å²) in [5.41, 5.74) is 1.33. The summed E-state index contributed by atoms with van der Waals surface area (Å²) < 4.78 is 5.93. The van der Waals surface area contributed by atoms with Gasteiger partial charge >= 0.3 is 0 Å². The van der Waals surface area contributed by atoms with Crippen LogP contribution in [-0.4, -0.2) is 36.4 Å². The van der Waals surface area contributed by atoms with Gasteiger partial charge in [-0.25, -0.2) is 0 Å². The second-order valence-electron chi connectivity index (χ2n) is 6.42. The molecule has 3 heteroatoms. The van der Waals surface area contributed by atoms with Gasteiger partial charge in [0.05, 0.1) is 12.2 Å². The van der Waals surface area contributed by atoms with E-state index in [9.17, 15) is 4.79 Å². The molecule has 1 saturated heterocycles. The second kappa shape index (κ2) is 8.11. The predicted molar refractivity (Wildman–Crippen MR) is 96.7 cm³/mol. The minimum atomic E-state index is 0.0133. The number of rotatable bonds is 7. The monoisotopic (exact) mass is 323 g/mol. The van der Waals surface area contributed by atoms with Crippen LogP contribution >= 0.6 is 0 Å². The zero-order valence-corrected chi connectivity index (χ0v) is 14.3. The van der Waals surface area contributed by atoms with Gasteiger partial charge < -0.3 is 9.64 Å². The Labute approximate surface area is 144 Å². The highest BCUT2D eigenvalue weighted by Gasteiger charge is 2.19. The van der Waals surface area contributed by atoms with Gasteiger partial charge in [-0.05, 0) is 44.9 Å². The number of carbonyl (C=O) groups excluding carboxylic acids is 1. The number of para-hydroxylation sites is 1. The van der Waals surface area contributed by atoms with Gasteiger partial charge in [0.2, 0.25) is 0 Å². The Morgan fingerprint density at radius 3 is 2.62 bits per heavy atom. The molecule has 1 fully saturated rings. The summed E-state index contributed by atoms with van der Waals surface area (Å²) >= 11 is 0. The largest absolute Gasteiger partial charge is 0.493 e. The van der Waals surface area contributed by atoms with Crippen molar-refractivity contribution in [2.45, 2.75) is 32.2 Å². The Balaban J connectivity index is 1.59. The molecule has 3 nitrogen and oxygen atoms in total. The number of ether oxygens (including phenoxy) is 1. The summed E-state index contributed by atoms with van der Waals surface area (Å²) in [4.78, 5) is 15.2. The normalized spacial score (nSPS) is 17.8. The van der Waals surface area contributed by atoms with E-state index in [-0.39, 0.29) is 5.78 Å². The highest BCUT2D eigenvalue weighted by Crippen LogP contribution is 2.22. The zero-order chi connectivity index (χ0) is 16.8. The highest BCUT2D eigenvalue weighted by molar-refractivity contribution is 6.10. The van der Waals surface area contributed by atoms with Crippen molar-refractivity contribution in [2.24, 2.45) is 0 Å². The topological polar surface area (TPSA) is 29.5 Å². The molecule has 0 aromatic heterocycles. The average Bonchev–Trinajstić information content (AvgIpc) is 3.04. The van der Waals surface area contributed by atoms with Crippen LogP contribution in [-0.2, 0) is 0 Å². The molecular weight excluding hydrogens is 298 g/mol. The van der Waals surface area contributed by atoms with Gasteiger partial charge in [-0.3, -0.25) is 4.79 Å². The maximum absolute atomic E-state index is 12.7. The molecule has 3 rings (SSSR count). The molecule has 1 aliphatic rings. The maximum atomic E-state index is 12.7. The molecule has 0 N–H and O–H groups in total. The Morgan fingerprint density at radius 2 is 1.88 bits per heavy atom. The van der Waals surface area contributed by atoms with Crippen molar-refractivity contribution in [3.63, 3.8) is 0 Å². The van der Waals surface area contributed by atoms with Crippen molar-refractivity contribution in [2.75, 3.05) is 19.7 Å². The summed E-state index contributed by atoms with van der Waals surface area (Å²) in [5, 5.41) is 0. The molecule has 1 unspecified atom stereocenters. The van der Waals surface area contributed by atoms with Crippen molar-refractivity contribution in [1.29, 1.82) is 0 Å². The molecule has 1 heterocycles. The van der Waals surface area contributed by atoms with Crippen LogP contribution in [0.4, 0.5) is 0 Å². The standard InChI is InChI=1S/C21H25NO2/c1-17-9-7-14-22(17)15-8-16-24-20-13-6-5-12-19(20)21(23)18-10-3-2-4-11-18/h2-6,10-13,17H,7-9,14-16H2,1H3. The van der Waals surface area contributed by atoms with Gasteiger partial charge in [-0.15, -0.1) is 0 Å². The quantitative estimate of drug-likeness (QED) is 0.566. The first kappa shape index (κ1) is 16.7. The molecule has 1 atom stereocenters. The third-order valence-corrected chi connectivity index (χ3v) is 4.71. The van der Waals surface area contributed by atoms with E-state index in [1.54, 1.807) is 0 Å². The van der Waals surface area contributed by atoms with E-state index in [0.717, 1.165) is 13.0 Å². The molecule has 1 aliphatic heterocycles. The third kappa shape index (κ3) is 4.04. The average molecular weight is 323 g/mol. The minimum absolute atomic E-state index is 0.0133. The first-order valence-corrected chi connectivity index (χ1v) is 8.81. The Bertz CT molecular complexity index is 669. The van der Waals surface area contributed by atoms with Crippen molar-refractivity contribution >= 4 is 5.78 Å². The summed E-state index contributed by atoms with van der Waals surface area (Å²) in [5.74, 6) is 0.695. The number of hydrogen-bond donors (Lipinski definition) is 0. The van der Waals surface area contributed by atoms with Crippen molar-refractivity contribution in [1.82, 2.24) is 4.90 Å². The summed E-state index contributed by atoms with van der Waals surface area (Å²) in [6.45, 7) is 5.20. The van der Waals surface area contributed by atoms with E-state index in [0.29, 0.717) is 29.5 Å². The fourth-order valence-electron chi connectivity index (χ4n) is 3.30. The van der Waals surface area contributed by atoms with Crippen LogP contribution in [0.15, 0.2) is 54.6 Å². The van der Waals surface area contributed by atoms with E-state index in [4.69, 9.17) is 4.74 Å². The number of benzene rings is 2. The number of carbonyl (C=O) groups is 1. The molecule has 0 amide bonds. The number of hydrogen-bond acceptors (Lipinski definition) is 3. The number of nitrogens with zero attached hydrogens (tertiary/aromatic N) is 1. The molecule has 0 saturated carbocycles. The van der Waals surface area contributed by atoms with Crippen molar-refractivity contribution < 1.29 is 9.53 Å². The van der Waals surface area contributed by atoms with E-state index in [1.807, 2.05) is 54.6 Å². The van der Waals surface area contributed by atoms with E-state index >= 15 is 0 Å². The van der Waals surface area contributed by atoms with Gasteiger partial charge in [0, 0.05) is 18.2 Å². The molecule has 24 heavy (non-hydrogen) atoms. The highest BCUT2D eigenvalue weighted by atomic mass is 16.5. The van der Waals surface area contributed by atoms with Crippen molar-refractivity contribution in [3.05, 3.63) is 65.7 Å². The fourth-order valence-corrected chi connectivity index (χ4v) is 3.30. The van der Waals surface area contributed by atoms with Crippen molar-refractivity contribution in [3.8, 4) is 5.75 Å².